The predicted molar refractivity (Wildman–Crippen MR) is 132 cm³/mol. The van der Waals surface area contributed by atoms with E-state index in [1.807, 2.05) is 19.1 Å². The summed E-state index contributed by atoms with van der Waals surface area (Å²) < 4.78 is 49.7. The summed E-state index contributed by atoms with van der Waals surface area (Å²) in [4.78, 5) is 0. The topological polar surface area (TPSA) is 9.23 Å². The number of halogens is 3. The molecule has 0 amide bonds. The summed E-state index contributed by atoms with van der Waals surface area (Å²) >= 11 is 0. The molecule has 0 spiro atoms. The van der Waals surface area contributed by atoms with Crippen molar-refractivity contribution in [2.45, 2.75) is 84.2 Å². The summed E-state index contributed by atoms with van der Waals surface area (Å²) in [5, 5.41) is 0. The highest BCUT2D eigenvalue weighted by atomic mass is 19.2. The Balaban J connectivity index is 1.31. The summed E-state index contributed by atoms with van der Waals surface area (Å²) in [6, 6.07) is 9.02. The van der Waals surface area contributed by atoms with Gasteiger partial charge in [0.25, 0.3) is 0 Å². The van der Waals surface area contributed by atoms with E-state index in [4.69, 9.17) is 4.74 Å². The molecule has 0 heterocycles. The van der Waals surface area contributed by atoms with Gasteiger partial charge in [-0.15, -0.1) is 0 Å². The van der Waals surface area contributed by atoms with Gasteiger partial charge in [-0.1, -0.05) is 37.3 Å². The zero-order valence-electron chi connectivity index (χ0n) is 20.5. The average molecular weight is 471 g/mol. The van der Waals surface area contributed by atoms with Crippen molar-refractivity contribution >= 4 is 5.57 Å². The van der Waals surface area contributed by atoms with E-state index in [1.165, 1.54) is 0 Å². The molecule has 1 nitrogen and oxygen atoms in total. The molecule has 1 saturated carbocycles. The number of hydrogen-bond donors (Lipinski definition) is 0. The number of hydrogen-bond acceptors (Lipinski definition) is 1. The molecule has 2 aromatic carbocycles. The lowest BCUT2D eigenvalue weighted by Gasteiger charge is -2.29. The molecule has 2 aromatic rings. The molecule has 2 aliphatic rings. The van der Waals surface area contributed by atoms with Gasteiger partial charge in [-0.25, -0.2) is 13.2 Å². The highest BCUT2D eigenvalue weighted by molar-refractivity contribution is 5.67. The molecule has 4 rings (SSSR count). The third-order valence-electron chi connectivity index (χ3n) is 7.83. The summed E-state index contributed by atoms with van der Waals surface area (Å²) in [6.07, 6.45) is 10.1. The third kappa shape index (κ3) is 5.94. The first kappa shape index (κ1) is 25.0. The van der Waals surface area contributed by atoms with Gasteiger partial charge in [0.05, 0.1) is 6.61 Å². The quantitative estimate of drug-likeness (QED) is 0.375. The molecule has 0 radical (unpaired) electrons. The summed E-state index contributed by atoms with van der Waals surface area (Å²) in [7, 11) is 0. The monoisotopic (exact) mass is 470 g/mol. The fourth-order valence-corrected chi connectivity index (χ4v) is 5.57. The van der Waals surface area contributed by atoms with Crippen LogP contribution in [0.5, 0.6) is 0 Å². The molecule has 1 unspecified atom stereocenters. The molecule has 34 heavy (non-hydrogen) atoms. The Labute approximate surface area is 202 Å². The van der Waals surface area contributed by atoms with Crippen molar-refractivity contribution in [1.82, 2.24) is 0 Å². The molecule has 0 N–H and O–H groups in total. The number of rotatable bonds is 8. The second-order valence-electron chi connectivity index (χ2n) is 10.3. The van der Waals surface area contributed by atoms with E-state index in [0.717, 1.165) is 68.1 Å². The minimum Gasteiger partial charge on any atom is -0.377 e. The summed E-state index contributed by atoms with van der Waals surface area (Å²) in [5.74, 6) is -0.188. The Bertz CT molecular complexity index is 1000. The molecule has 2 aliphatic carbocycles. The molecule has 0 aliphatic heterocycles. The standard InChI is InChI=1S/C30H37F3O/c1-3-34-19-22-9-16-26(28(31)18-22)23-12-6-21(7-13-23)8-14-25-15-17-27(30(33)29(25)32)24-10-4-20(2)5-11-24/h9-10,15-18,20-21,23H,3-8,11-14,19H2,1-2H3. The molecule has 4 heteroatoms. The van der Waals surface area contributed by atoms with Crippen LogP contribution in [0.3, 0.4) is 0 Å². The maximum atomic E-state index is 14.8. The fraction of sp³-hybridized carbons (Fsp3) is 0.533. The van der Waals surface area contributed by atoms with Crippen molar-refractivity contribution in [3.8, 4) is 0 Å². The molecule has 1 atom stereocenters. The Morgan fingerprint density at radius 3 is 2.41 bits per heavy atom. The van der Waals surface area contributed by atoms with Crippen LogP contribution in [0.15, 0.2) is 36.4 Å². The molecular formula is C30H37F3O. The van der Waals surface area contributed by atoms with Gasteiger partial charge in [-0.3, -0.25) is 0 Å². The average Bonchev–Trinajstić information content (AvgIpc) is 2.85. The van der Waals surface area contributed by atoms with Crippen LogP contribution in [-0.2, 0) is 17.8 Å². The minimum atomic E-state index is -0.690. The number of ether oxygens (including phenoxy) is 1. The third-order valence-corrected chi connectivity index (χ3v) is 7.83. The van der Waals surface area contributed by atoms with Crippen LogP contribution >= 0.6 is 0 Å². The summed E-state index contributed by atoms with van der Waals surface area (Å²) in [6.45, 7) is 5.18. The van der Waals surface area contributed by atoms with Gasteiger partial charge in [-0.2, -0.15) is 0 Å². The molecule has 0 aromatic heterocycles. The highest BCUT2D eigenvalue weighted by Gasteiger charge is 2.25. The molecule has 0 saturated heterocycles. The van der Waals surface area contributed by atoms with Gasteiger partial charge in [0.2, 0.25) is 0 Å². The maximum Gasteiger partial charge on any atom is 0.166 e. The van der Waals surface area contributed by atoms with Gasteiger partial charge in [-0.05, 0) is 111 Å². The van der Waals surface area contributed by atoms with Gasteiger partial charge in [0.15, 0.2) is 11.6 Å². The van der Waals surface area contributed by atoms with Crippen molar-refractivity contribution in [2.75, 3.05) is 6.61 Å². The van der Waals surface area contributed by atoms with Crippen molar-refractivity contribution < 1.29 is 17.9 Å². The maximum absolute atomic E-state index is 14.8. The largest absolute Gasteiger partial charge is 0.377 e. The van der Waals surface area contributed by atoms with Gasteiger partial charge >= 0.3 is 0 Å². The van der Waals surface area contributed by atoms with Crippen LogP contribution in [0.1, 0.15) is 93.4 Å². The van der Waals surface area contributed by atoms with Crippen LogP contribution in [0, 0.1) is 29.3 Å². The van der Waals surface area contributed by atoms with Gasteiger partial charge in [0, 0.05) is 12.2 Å². The molecular weight excluding hydrogens is 433 g/mol. The first-order chi connectivity index (χ1) is 16.5. The summed E-state index contributed by atoms with van der Waals surface area (Å²) in [5.41, 5.74) is 3.52. The lowest BCUT2D eigenvalue weighted by Crippen LogP contribution is -2.15. The normalized spacial score (nSPS) is 23.1. The van der Waals surface area contributed by atoms with Gasteiger partial charge in [0.1, 0.15) is 5.82 Å². The molecule has 1 fully saturated rings. The van der Waals surface area contributed by atoms with E-state index in [-0.39, 0.29) is 11.7 Å². The Morgan fingerprint density at radius 2 is 1.74 bits per heavy atom. The van der Waals surface area contributed by atoms with Crippen molar-refractivity contribution in [1.29, 1.82) is 0 Å². The van der Waals surface area contributed by atoms with Crippen LogP contribution in [0.4, 0.5) is 13.2 Å². The molecule has 184 valence electrons. The van der Waals surface area contributed by atoms with Crippen molar-refractivity contribution in [3.63, 3.8) is 0 Å². The van der Waals surface area contributed by atoms with Crippen LogP contribution in [-0.4, -0.2) is 6.61 Å². The second kappa shape index (κ2) is 11.6. The van der Waals surface area contributed by atoms with Crippen LogP contribution in [0.25, 0.3) is 5.57 Å². The van der Waals surface area contributed by atoms with E-state index < -0.39 is 11.6 Å². The second-order valence-corrected chi connectivity index (χ2v) is 10.3. The molecule has 0 bridgehead atoms. The Kier molecular flexibility index (Phi) is 8.52. The lowest BCUT2D eigenvalue weighted by atomic mass is 9.76. The van der Waals surface area contributed by atoms with Crippen LogP contribution < -0.4 is 0 Å². The Hall–Kier alpha value is -2.07. The fourth-order valence-electron chi connectivity index (χ4n) is 5.57. The highest BCUT2D eigenvalue weighted by Crippen LogP contribution is 2.39. The first-order valence-corrected chi connectivity index (χ1v) is 13.0. The number of allylic oxidation sites excluding steroid dienone is 2. The van der Waals surface area contributed by atoms with E-state index in [1.54, 1.807) is 18.2 Å². The Morgan fingerprint density at radius 1 is 0.941 bits per heavy atom. The smallest absolute Gasteiger partial charge is 0.166 e. The predicted octanol–water partition coefficient (Wildman–Crippen LogP) is 8.75. The zero-order valence-corrected chi connectivity index (χ0v) is 20.5. The lowest BCUT2D eigenvalue weighted by molar-refractivity contribution is 0.134. The number of aryl methyl sites for hydroxylation is 1. The SMILES string of the molecule is CCOCc1ccc(C2CCC(CCc3ccc(C4=CCC(C)CC4)c(F)c3F)CC2)c(F)c1. The van der Waals surface area contributed by atoms with E-state index in [0.29, 0.717) is 42.6 Å². The van der Waals surface area contributed by atoms with E-state index in [9.17, 15) is 13.2 Å². The van der Waals surface area contributed by atoms with Crippen molar-refractivity contribution in [2.24, 2.45) is 11.8 Å². The van der Waals surface area contributed by atoms with E-state index >= 15 is 0 Å². The van der Waals surface area contributed by atoms with E-state index in [2.05, 4.69) is 13.0 Å². The first-order valence-electron chi connectivity index (χ1n) is 13.0. The van der Waals surface area contributed by atoms with Crippen molar-refractivity contribution in [3.05, 3.63) is 76.1 Å². The minimum absolute atomic E-state index is 0.138. The zero-order chi connectivity index (χ0) is 24.1. The van der Waals surface area contributed by atoms with Crippen LogP contribution in [0.2, 0.25) is 0 Å². The van der Waals surface area contributed by atoms with Gasteiger partial charge < -0.3 is 4.74 Å². The number of benzene rings is 2.